The average Bonchev–Trinajstić information content (AvgIpc) is 2.99. The van der Waals surface area contributed by atoms with Crippen molar-refractivity contribution in [3.63, 3.8) is 0 Å². The molecule has 0 saturated carbocycles. The molecule has 1 aromatic rings. The normalized spacial score (nSPS) is 21.8. The zero-order chi connectivity index (χ0) is 11.9. The molecule has 1 aliphatic heterocycles. The standard InChI is InChI=1S/C14H23NOS/c1-2-7-15-12(10-13-5-3-8-16-13)11-14-6-4-9-17-14/h4,6,9,12-13,15H,2-3,5,7-8,10-11H2,1H3. The van der Waals surface area contributed by atoms with E-state index in [4.69, 9.17) is 4.74 Å². The number of nitrogens with one attached hydrogen (secondary N) is 1. The van der Waals surface area contributed by atoms with Crippen LogP contribution in [-0.4, -0.2) is 25.3 Å². The molecule has 0 aromatic carbocycles. The van der Waals surface area contributed by atoms with Crippen molar-refractivity contribution in [2.45, 2.75) is 51.2 Å². The first-order chi connectivity index (χ1) is 8.38. The fourth-order valence-corrected chi connectivity index (χ4v) is 3.19. The molecule has 1 aromatic heterocycles. The molecule has 2 heterocycles. The smallest absolute Gasteiger partial charge is 0.0590 e. The van der Waals surface area contributed by atoms with Crippen LogP contribution in [0.3, 0.4) is 0 Å². The van der Waals surface area contributed by atoms with Gasteiger partial charge in [-0.3, -0.25) is 0 Å². The number of ether oxygens (including phenoxy) is 1. The van der Waals surface area contributed by atoms with Crippen molar-refractivity contribution in [1.29, 1.82) is 0 Å². The molecule has 1 aliphatic rings. The van der Waals surface area contributed by atoms with Crippen LogP contribution in [0.2, 0.25) is 0 Å². The first-order valence-electron chi connectivity index (χ1n) is 6.76. The van der Waals surface area contributed by atoms with Crippen LogP contribution >= 0.6 is 11.3 Å². The Morgan fingerprint density at radius 2 is 2.53 bits per heavy atom. The summed E-state index contributed by atoms with van der Waals surface area (Å²) in [4.78, 5) is 1.48. The predicted molar refractivity (Wildman–Crippen MR) is 73.7 cm³/mol. The Morgan fingerprint density at radius 1 is 1.59 bits per heavy atom. The van der Waals surface area contributed by atoms with E-state index >= 15 is 0 Å². The maximum absolute atomic E-state index is 5.75. The van der Waals surface area contributed by atoms with Crippen molar-refractivity contribution >= 4 is 11.3 Å². The summed E-state index contributed by atoms with van der Waals surface area (Å²) < 4.78 is 5.75. The van der Waals surface area contributed by atoms with Crippen molar-refractivity contribution in [3.05, 3.63) is 22.4 Å². The van der Waals surface area contributed by atoms with Gasteiger partial charge in [0.1, 0.15) is 0 Å². The van der Waals surface area contributed by atoms with Crippen molar-refractivity contribution in [2.75, 3.05) is 13.2 Å². The van der Waals surface area contributed by atoms with E-state index < -0.39 is 0 Å². The van der Waals surface area contributed by atoms with Gasteiger partial charge in [-0.15, -0.1) is 11.3 Å². The van der Waals surface area contributed by atoms with Crippen molar-refractivity contribution in [2.24, 2.45) is 0 Å². The van der Waals surface area contributed by atoms with Gasteiger partial charge in [0, 0.05) is 17.5 Å². The molecule has 1 N–H and O–H groups in total. The minimum Gasteiger partial charge on any atom is -0.378 e. The van der Waals surface area contributed by atoms with E-state index in [1.165, 1.54) is 24.1 Å². The first kappa shape index (κ1) is 13.1. The average molecular weight is 253 g/mol. The highest BCUT2D eigenvalue weighted by Gasteiger charge is 2.20. The van der Waals surface area contributed by atoms with E-state index in [-0.39, 0.29) is 0 Å². The van der Waals surface area contributed by atoms with Gasteiger partial charge < -0.3 is 10.1 Å². The number of rotatable bonds is 7. The van der Waals surface area contributed by atoms with E-state index in [1.54, 1.807) is 0 Å². The van der Waals surface area contributed by atoms with Crippen molar-refractivity contribution in [3.8, 4) is 0 Å². The predicted octanol–water partition coefficient (Wildman–Crippen LogP) is 3.23. The minimum atomic E-state index is 0.490. The van der Waals surface area contributed by atoms with Crippen LogP contribution < -0.4 is 5.32 Å². The highest BCUT2D eigenvalue weighted by Crippen LogP contribution is 2.20. The lowest BCUT2D eigenvalue weighted by molar-refractivity contribution is 0.0946. The summed E-state index contributed by atoms with van der Waals surface area (Å²) in [6.45, 7) is 4.30. The molecule has 2 nitrogen and oxygen atoms in total. The van der Waals surface area contributed by atoms with Crippen LogP contribution in [-0.2, 0) is 11.2 Å². The summed E-state index contributed by atoms with van der Waals surface area (Å²) in [5.41, 5.74) is 0. The summed E-state index contributed by atoms with van der Waals surface area (Å²) in [5, 5.41) is 5.83. The molecule has 2 rings (SSSR count). The second-order valence-electron chi connectivity index (χ2n) is 4.81. The second kappa shape index (κ2) is 7.14. The SMILES string of the molecule is CCCNC(Cc1cccs1)CC1CCCO1. The molecule has 0 aliphatic carbocycles. The summed E-state index contributed by atoms with van der Waals surface area (Å²) in [6.07, 6.45) is 6.49. The second-order valence-corrected chi connectivity index (χ2v) is 5.84. The summed E-state index contributed by atoms with van der Waals surface area (Å²) in [5.74, 6) is 0. The molecular formula is C14H23NOS. The lowest BCUT2D eigenvalue weighted by atomic mass is 10.0. The van der Waals surface area contributed by atoms with E-state index in [0.717, 1.165) is 26.0 Å². The lowest BCUT2D eigenvalue weighted by Gasteiger charge is -2.21. The maximum Gasteiger partial charge on any atom is 0.0590 e. The van der Waals surface area contributed by atoms with Gasteiger partial charge in [0.2, 0.25) is 0 Å². The van der Waals surface area contributed by atoms with Gasteiger partial charge in [-0.1, -0.05) is 13.0 Å². The summed E-state index contributed by atoms with van der Waals surface area (Å²) >= 11 is 1.86. The van der Waals surface area contributed by atoms with Gasteiger partial charge in [-0.25, -0.2) is 0 Å². The molecule has 0 spiro atoms. The van der Waals surface area contributed by atoms with Crippen LogP contribution in [0, 0.1) is 0 Å². The Morgan fingerprint density at radius 3 is 3.18 bits per heavy atom. The minimum absolute atomic E-state index is 0.490. The summed E-state index contributed by atoms with van der Waals surface area (Å²) in [6, 6.07) is 4.96. The third-order valence-corrected chi connectivity index (χ3v) is 4.18. The Bertz CT molecular complexity index is 293. The van der Waals surface area contributed by atoms with Gasteiger partial charge >= 0.3 is 0 Å². The molecule has 2 unspecified atom stereocenters. The van der Waals surface area contributed by atoms with Crippen molar-refractivity contribution in [1.82, 2.24) is 5.32 Å². The van der Waals surface area contributed by atoms with Gasteiger partial charge in [0.15, 0.2) is 0 Å². The topological polar surface area (TPSA) is 21.3 Å². The molecule has 1 fully saturated rings. The maximum atomic E-state index is 5.75. The largest absolute Gasteiger partial charge is 0.378 e. The van der Waals surface area contributed by atoms with Crippen LogP contribution in [0.25, 0.3) is 0 Å². The molecule has 96 valence electrons. The molecule has 1 saturated heterocycles. The monoisotopic (exact) mass is 253 g/mol. The van der Waals surface area contributed by atoms with E-state index in [9.17, 15) is 0 Å². The van der Waals surface area contributed by atoms with Crippen LogP contribution in [0.4, 0.5) is 0 Å². The van der Waals surface area contributed by atoms with E-state index in [2.05, 4.69) is 29.8 Å². The third-order valence-electron chi connectivity index (χ3n) is 3.28. The molecule has 3 heteroatoms. The molecular weight excluding hydrogens is 230 g/mol. The van der Waals surface area contributed by atoms with Gasteiger partial charge in [0.25, 0.3) is 0 Å². The lowest BCUT2D eigenvalue weighted by Crippen LogP contribution is -2.34. The van der Waals surface area contributed by atoms with E-state index in [0.29, 0.717) is 12.1 Å². The zero-order valence-corrected chi connectivity index (χ0v) is 11.5. The summed E-state index contributed by atoms with van der Waals surface area (Å²) in [7, 11) is 0. The van der Waals surface area contributed by atoms with Gasteiger partial charge in [-0.2, -0.15) is 0 Å². The molecule has 0 radical (unpaired) electrons. The fourth-order valence-electron chi connectivity index (χ4n) is 2.41. The molecule has 0 bridgehead atoms. The molecule has 0 amide bonds. The van der Waals surface area contributed by atoms with Crippen LogP contribution in [0.15, 0.2) is 17.5 Å². The van der Waals surface area contributed by atoms with Gasteiger partial charge in [0.05, 0.1) is 6.10 Å². The Hall–Kier alpha value is -0.380. The Kier molecular flexibility index (Phi) is 5.49. The highest BCUT2D eigenvalue weighted by atomic mass is 32.1. The Labute approximate surface area is 108 Å². The first-order valence-corrected chi connectivity index (χ1v) is 7.64. The number of thiophene rings is 1. The zero-order valence-electron chi connectivity index (χ0n) is 10.7. The Balaban J connectivity index is 1.83. The highest BCUT2D eigenvalue weighted by molar-refractivity contribution is 7.09. The fraction of sp³-hybridized carbons (Fsp3) is 0.714. The number of hydrogen-bond acceptors (Lipinski definition) is 3. The van der Waals surface area contributed by atoms with Crippen molar-refractivity contribution < 1.29 is 4.74 Å². The third kappa shape index (κ3) is 4.41. The van der Waals surface area contributed by atoms with Crippen LogP contribution in [0.5, 0.6) is 0 Å². The van der Waals surface area contributed by atoms with E-state index in [1.807, 2.05) is 11.3 Å². The van der Waals surface area contributed by atoms with Gasteiger partial charge in [-0.05, 0) is 50.1 Å². The molecule has 17 heavy (non-hydrogen) atoms. The number of hydrogen-bond donors (Lipinski definition) is 1. The molecule has 2 atom stereocenters. The van der Waals surface area contributed by atoms with Crippen LogP contribution in [0.1, 0.15) is 37.5 Å². The quantitative estimate of drug-likeness (QED) is 0.805.